The van der Waals surface area contributed by atoms with Gasteiger partial charge in [0.1, 0.15) is 0 Å². The van der Waals surface area contributed by atoms with Crippen molar-refractivity contribution in [2.24, 2.45) is 0 Å². The molecule has 5 nitrogen and oxygen atoms in total. The van der Waals surface area contributed by atoms with Crippen LogP contribution in [0.1, 0.15) is 28.8 Å². The Balaban J connectivity index is 1.58. The molecule has 1 aliphatic carbocycles. The first-order chi connectivity index (χ1) is 11.6. The number of hydrogen-bond acceptors (Lipinski definition) is 3. The van der Waals surface area contributed by atoms with Gasteiger partial charge in [0, 0.05) is 17.6 Å². The molecular weight excluding hydrogens is 304 g/mol. The van der Waals surface area contributed by atoms with Crippen LogP contribution < -0.4 is 10.6 Å². The summed E-state index contributed by atoms with van der Waals surface area (Å²) < 4.78 is 4.68. The van der Waals surface area contributed by atoms with Gasteiger partial charge in [0.15, 0.2) is 0 Å². The second-order valence-electron chi connectivity index (χ2n) is 6.03. The molecule has 0 aliphatic heterocycles. The smallest absolute Gasteiger partial charge is 0.337 e. The van der Waals surface area contributed by atoms with Crippen LogP contribution in [0.25, 0.3) is 0 Å². The maximum absolute atomic E-state index is 12.1. The van der Waals surface area contributed by atoms with E-state index in [0.29, 0.717) is 17.8 Å². The number of amides is 2. The normalized spacial score (nSPS) is 14.5. The third kappa shape index (κ3) is 3.56. The van der Waals surface area contributed by atoms with Crippen molar-refractivity contribution in [2.45, 2.75) is 18.3 Å². The Kier molecular flexibility index (Phi) is 4.51. The number of urea groups is 1. The van der Waals surface area contributed by atoms with Gasteiger partial charge in [0.25, 0.3) is 0 Å². The summed E-state index contributed by atoms with van der Waals surface area (Å²) in [5.41, 5.74) is 2.28. The highest BCUT2D eigenvalue weighted by Gasteiger charge is 2.44. The van der Waals surface area contributed by atoms with Crippen LogP contribution in [0.2, 0.25) is 0 Å². The summed E-state index contributed by atoms with van der Waals surface area (Å²) >= 11 is 0. The lowest BCUT2D eigenvalue weighted by molar-refractivity contribution is 0.0600. The van der Waals surface area contributed by atoms with Gasteiger partial charge < -0.3 is 15.4 Å². The van der Waals surface area contributed by atoms with Gasteiger partial charge in [-0.15, -0.1) is 0 Å². The Hall–Kier alpha value is -2.82. The summed E-state index contributed by atoms with van der Waals surface area (Å²) in [5, 5.41) is 5.68. The molecule has 2 amide bonds. The van der Waals surface area contributed by atoms with E-state index in [1.807, 2.05) is 18.2 Å². The van der Waals surface area contributed by atoms with Crippen LogP contribution >= 0.6 is 0 Å². The molecule has 0 radical (unpaired) electrons. The lowest BCUT2D eigenvalue weighted by Gasteiger charge is -2.17. The van der Waals surface area contributed by atoms with E-state index in [0.717, 1.165) is 12.8 Å². The van der Waals surface area contributed by atoms with Crippen molar-refractivity contribution in [3.63, 3.8) is 0 Å². The molecule has 124 valence electrons. The first-order valence-corrected chi connectivity index (χ1v) is 7.92. The van der Waals surface area contributed by atoms with Crippen molar-refractivity contribution >= 4 is 17.7 Å². The third-order valence-corrected chi connectivity index (χ3v) is 4.37. The fourth-order valence-corrected chi connectivity index (χ4v) is 2.78. The number of anilines is 1. The largest absolute Gasteiger partial charge is 0.465 e. The molecule has 0 unspecified atom stereocenters. The van der Waals surface area contributed by atoms with E-state index in [9.17, 15) is 9.59 Å². The molecule has 2 N–H and O–H groups in total. The fraction of sp³-hybridized carbons (Fsp3) is 0.263. The monoisotopic (exact) mass is 324 g/mol. The standard InChI is InChI=1S/C19H20N2O3/c1-24-17(22)14-6-5-9-16(12-14)21-18(23)20-13-19(10-11-19)15-7-3-2-4-8-15/h2-9,12H,10-11,13H2,1H3,(H2,20,21,23). The zero-order chi connectivity index (χ0) is 17.0. The number of hydrogen-bond donors (Lipinski definition) is 2. The molecule has 0 aromatic heterocycles. The predicted molar refractivity (Wildman–Crippen MR) is 92.2 cm³/mol. The maximum atomic E-state index is 12.1. The molecule has 0 bridgehead atoms. The summed E-state index contributed by atoms with van der Waals surface area (Å²) in [4.78, 5) is 23.7. The predicted octanol–water partition coefficient (Wildman–Crippen LogP) is 3.33. The van der Waals surface area contributed by atoms with Gasteiger partial charge in [-0.3, -0.25) is 0 Å². The molecule has 0 saturated heterocycles. The Morgan fingerprint density at radius 1 is 1.08 bits per heavy atom. The number of carbonyl (C=O) groups excluding carboxylic acids is 2. The summed E-state index contributed by atoms with van der Waals surface area (Å²) in [7, 11) is 1.33. The molecule has 0 atom stereocenters. The molecule has 0 spiro atoms. The Morgan fingerprint density at radius 2 is 1.83 bits per heavy atom. The van der Waals surface area contributed by atoms with Gasteiger partial charge in [0.05, 0.1) is 12.7 Å². The zero-order valence-corrected chi connectivity index (χ0v) is 13.5. The minimum Gasteiger partial charge on any atom is -0.465 e. The second kappa shape index (κ2) is 6.74. The van der Waals surface area contributed by atoms with E-state index < -0.39 is 5.97 Å². The number of nitrogens with one attached hydrogen (secondary N) is 2. The van der Waals surface area contributed by atoms with E-state index in [1.165, 1.54) is 12.7 Å². The van der Waals surface area contributed by atoms with Crippen LogP contribution in [0.5, 0.6) is 0 Å². The molecule has 1 fully saturated rings. The van der Waals surface area contributed by atoms with E-state index in [1.54, 1.807) is 24.3 Å². The van der Waals surface area contributed by atoms with Crippen molar-refractivity contribution < 1.29 is 14.3 Å². The van der Waals surface area contributed by atoms with Gasteiger partial charge >= 0.3 is 12.0 Å². The Morgan fingerprint density at radius 3 is 2.50 bits per heavy atom. The molecule has 1 aliphatic rings. The van der Waals surface area contributed by atoms with Gasteiger partial charge in [-0.2, -0.15) is 0 Å². The highest BCUT2D eigenvalue weighted by molar-refractivity contribution is 5.93. The topological polar surface area (TPSA) is 67.4 Å². The highest BCUT2D eigenvalue weighted by Crippen LogP contribution is 2.47. The fourth-order valence-electron chi connectivity index (χ4n) is 2.78. The molecular formula is C19H20N2O3. The van der Waals surface area contributed by atoms with Crippen LogP contribution in [-0.4, -0.2) is 25.7 Å². The quantitative estimate of drug-likeness (QED) is 0.829. The number of ether oxygens (including phenoxy) is 1. The first-order valence-electron chi connectivity index (χ1n) is 7.92. The van der Waals surface area contributed by atoms with Crippen molar-refractivity contribution in [3.05, 3.63) is 65.7 Å². The third-order valence-electron chi connectivity index (χ3n) is 4.37. The number of carbonyl (C=O) groups is 2. The van der Waals surface area contributed by atoms with Crippen LogP contribution in [0.4, 0.5) is 10.5 Å². The van der Waals surface area contributed by atoms with Crippen LogP contribution in [0.3, 0.4) is 0 Å². The van der Waals surface area contributed by atoms with Crippen LogP contribution in [0.15, 0.2) is 54.6 Å². The molecule has 5 heteroatoms. The summed E-state index contributed by atoms with van der Waals surface area (Å²) in [6.07, 6.45) is 2.16. The van der Waals surface area contributed by atoms with Crippen LogP contribution in [0, 0.1) is 0 Å². The highest BCUT2D eigenvalue weighted by atomic mass is 16.5. The number of esters is 1. The lowest BCUT2D eigenvalue weighted by Crippen LogP contribution is -2.35. The van der Waals surface area contributed by atoms with E-state index in [-0.39, 0.29) is 11.4 Å². The van der Waals surface area contributed by atoms with E-state index in [2.05, 4.69) is 27.5 Å². The molecule has 1 saturated carbocycles. The zero-order valence-electron chi connectivity index (χ0n) is 13.5. The maximum Gasteiger partial charge on any atom is 0.337 e. The molecule has 3 rings (SSSR count). The van der Waals surface area contributed by atoms with Gasteiger partial charge in [-0.05, 0) is 36.6 Å². The minimum absolute atomic E-state index is 0.0620. The van der Waals surface area contributed by atoms with Gasteiger partial charge in [-0.1, -0.05) is 36.4 Å². The summed E-state index contributed by atoms with van der Waals surface area (Å²) in [6, 6.07) is 16.6. The lowest BCUT2D eigenvalue weighted by atomic mass is 9.96. The number of benzene rings is 2. The molecule has 24 heavy (non-hydrogen) atoms. The second-order valence-corrected chi connectivity index (χ2v) is 6.03. The minimum atomic E-state index is -0.430. The van der Waals surface area contributed by atoms with Crippen molar-refractivity contribution in [2.75, 3.05) is 19.0 Å². The first kappa shape index (κ1) is 16.1. The van der Waals surface area contributed by atoms with Gasteiger partial charge in [-0.25, -0.2) is 9.59 Å². The van der Waals surface area contributed by atoms with Crippen molar-refractivity contribution in [1.82, 2.24) is 5.32 Å². The molecule has 2 aromatic rings. The van der Waals surface area contributed by atoms with Crippen molar-refractivity contribution in [1.29, 1.82) is 0 Å². The van der Waals surface area contributed by atoms with Crippen molar-refractivity contribution in [3.8, 4) is 0 Å². The SMILES string of the molecule is COC(=O)c1cccc(NC(=O)NCC2(c3ccccc3)CC2)c1. The Labute approximate surface area is 141 Å². The molecule has 2 aromatic carbocycles. The summed E-state index contributed by atoms with van der Waals surface area (Å²) in [5.74, 6) is -0.430. The van der Waals surface area contributed by atoms with Crippen LogP contribution in [-0.2, 0) is 10.2 Å². The number of rotatable bonds is 5. The Bertz CT molecular complexity index is 739. The summed E-state index contributed by atoms with van der Waals surface area (Å²) in [6.45, 7) is 0.597. The average Bonchev–Trinajstić information content (AvgIpc) is 3.41. The molecule has 0 heterocycles. The van der Waals surface area contributed by atoms with E-state index in [4.69, 9.17) is 0 Å². The van der Waals surface area contributed by atoms with Gasteiger partial charge in [0.2, 0.25) is 0 Å². The average molecular weight is 324 g/mol. The van der Waals surface area contributed by atoms with E-state index >= 15 is 0 Å². The number of methoxy groups -OCH3 is 1.